The van der Waals surface area contributed by atoms with E-state index in [1.165, 1.54) is 6.07 Å². The van der Waals surface area contributed by atoms with E-state index in [2.05, 4.69) is 17.4 Å². The lowest BCUT2D eigenvalue weighted by Gasteiger charge is -2.10. The van der Waals surface area contributed by atoms with Crippen LogP contribution in [-0.4, -0.2) is 22.6 Å². The molecule has 2 aromatic carbocycles. The Bertz CT molecular complexity index is 1110. The van der Waals surface area contributed by atoms with Gasteiger partial charge in [-0.2, -0.15) is 13.2 Å². The summed E-state index contributed by atoms with van der Waals surface area (Å²) in [5.41, 5.74) is -2.40. The number of alkyl halides is 3. The highest BCUT2D eigenvalue weighted by molar-refractivity contribution is 6.03. The van der Waals surface area contributed by atoms with Gasteiger partial charge in [0.15, 0.2) is 11.5 Å². The van der Waals surface area contributed by atoms with Crippen LogP contribution in [0.4, 0.5) is 24.5 Å². The lowest BCUT2D eigenvalue weighted by molar-refractivity contribution is -0.388. The molecule has 1 N–H and O–H groups in total. The van der Waals surface area contributed by atoms with Crippen molar-refractivity contribution in [1.29, 1.82) is 0 Å². The van der Waals surface area contributed by atoms with Crippen molar-refractivity contribution in [1.82, 2.24) is 5.16 Å². The molecule has 0 aliphatic heterocycles. The first kappa shape index (κ1) is 22.8. The molecule has 0 bridgehead atoms. The van der Waals surface area contributed by atoms with Crippen molar-refractivity contribution in [2.45, 2.75) is 25.9 Å². The van der Waals surface area contributed by atoms with Crippen LogP contribution in [0, 0.1) is 10.1 Å². The van der Waals surface area contributed by atoms with Gasteiger partial charge in [-0.1, -0.05) is 18.5 Å². The van der Waals surface area contributed by atoms with Crippen LogP contribution in [0.25, 0.3) is 11.3 Å². The highest BCUT2D eigenvalue weighted by Crippen LogP contribution is 2.37. The summed E-state index contributed by atoms with van der Waals surface area (Å²) in [5, 5.41) is 16.7. The van der Waals surface area contributed by atoms with Gasteiger partial charge in [-0.3, -0.25) is 14.9 Å². The molecule has 0 saturated carbocycles. The standard InChI is InChI=1S/C21H18F3N3O5/c1-2-3-10-31-15-7-4-13(5-8-15)19-12-17(26-32-19)20(28)25-14-6-9-18(27(29)30)16(11-14)21(22,23)24/h4-9,11-12H,2-3,10H2,1H3,(H,25,28). The molecule has 0 atom stereocenters. The molecule has 0 aliphatic rings. The van der Waals surface area contributed by atoms with Gasteiger partial charge in [0.2, 0.25) is 0 Å². The summed E-state index contributed by atoms with van der Waals surface area (Å²) < 4.78 is 50.0. The normalized spacial score (nSPS) is 11.2. The van der Waals surface area contributed by atoms with E-state index in [0.717, 1.165) is 18.9 Å². The highest BCUT2D eigenvalue weighted by atomic mass is 19.4. The Morgan fingerprint density at radius 3 is 2.53 bits per heavy atom. The Morgan fingerprint density at radius 1 is 1.19 bits per heavy atom. The van der Waals surface area contributed by atoms with Crippen molar-refractivity contribution in [2.75, 3.05) is 11.9 Å². The Hall–Kier alpha value is -3.89. The van der Waals surface area contributed by atoms with Gasteiger partial charge in [0.25, 0.3) is 11.6 Å². The van der Waals surface area contributed by atoms with Crippen molar-refractivity contribution in [3.63, 3.8) is 0 Å². The number of unbranched alkanes of at least 4 members (excludes halogenated alkanes) is 1. The highest BCUT2D eigenvalue weighted by Gasteiger charge is 2.38. The zero-order valence-electron chi connectivity index (χ0n) is 16.8. The summed E-state index contributed by atoms with van der Waals surface area (Å²) in [7, 11) is 0. The van der Waals surface area contributed by atoms with E-state index in [1.54, 1.807) is 24.3 Å². The number of anilines is 1. The van der Waals surface area contributed by atoms with Gasteiger partial charge in [0, 0.05) is 23.4 Å². The van der Waals surface area contributed by atoms with E-state index in [9.17, 15) is 28.1 Å². The zero-order chi connectivity index (χ0) is 23.3. The van der Waals surface area contributed by atoms with E-state index in [-0.39, 0.29) is 17.1 Å². The fraction of sp³-hybridized carbons (Fsp3) is 0.238. The maximum atomic E-state index is 13.1. The summed E-state index contributed by atoms with van der Waals surface area (Å²) in [5.74, 6) is 0.120. The maximum absolute atomic E-state index is 13.1. The van der Waals surface area contributed by atoms with E-state index in [1.807, 2.05) is 0 Å². The molecule has 0 fully saturated rings. The molecule has 32 heavy (non-hydrogen) atoms. The first-order chi connectivity index (χ1) is 15.2. The Balaban J connectivity index is 1.73. The minimum atomic E-state index is -4.96. The minimum Gasteiger partial charge on any atom is -0.494 e. The Kier molecular flexibility index (Phi) is 6.76. The topological polar surface area (TPSA) is 108 Å². The van der Waals surface area contributed by atoms with Gasteiger partial charge in [-0.05, 0) is 42.8 Å². The number of aromatic nitrogens is 1. The Morgan fingerprint density at radius 2 is 1.91 bits per heavy atom. The Labute approximate surface area is 180 Å². The molecule has 3 rings (SSSR count). The largest absolute Gasteiger partial charge is 0.494 e. The summed E-state index contributed by atoms with van der Waals surface area (Å²) in [6.07, 6.45) is -3.02. The molecule has 0 unspecified atom stereocenters. The van der Waals surface area contributed by atoms with Gasteiger partial charge in [0.1, 0.15) is 11.3 Å². The number of ether oxygens (including phenoxy) is 1. The molecule has 8 nitrogen and oxygen atoms in total. The fourth-order valence-corrected chi connectivity index (χ4v) is 2.76. The molecule has 0 aliphatic carbocycles. The van der Waals surface area contributed by atoms with Gasteiger partial charge >= 0.3 is 6.18 Å². The van der Waals surface area contributed by atoms with Crippen LogP contribution in [0.15, 0.2) is 53.1 Å². The monoisotopic (exact) mass is 449 g/mol. The van der Waals surface area contributed by atoms with Crippen molar-refractivity contribution in [3.8, 4) is 17.1 Å². The van der Waals surface area contributed by atoms with Crippen molar-refractivity contribution in [3.05, 3.63) is 69.9 Å². The van der Waals surface area contributed by atoms with Crippen molar-refractivity contribution >= 4 is 17.3 Å². The number of nitrogens with one attached hydrogen (secondary N) is 1. The molecule has 0 radical (unpaired) electrons. The number of rotatable bonds is 8. The third-order valence-electron chi connectivity index (χ3n) is 4.40. The molecule has 0 spiro atoms. The summed E-state index contributed by atoms with van der Waals surface area (Å²) >= 11 is 0. The van der Waals surface area contributed by atoms with Crippen LogP contribution in [0.5, 0.6) is 5.75 Å². The SMILES string of the molecule is CCCCOc1ccc(-c2cc(C(=O)Nc3ccc([N+](=O)[O-])c(C(F)(F)F)c3)no2)cc1. The number of benzene rings is 2. The number of hydrogen-bond acceptors (Lipinski definition) is 6. The third kappa shape index (κ3) is 5.42. The van der Waals surface area contributed by atoms with Crippen molar-refractivity contribution < 1.29 is 32.1 Å². The fourth-order valence-electron chi connectivity index (χ4n) is 2.76. The lowest BCUT2D eigenvalue weighted by Crippen LogP contribution is -2.14. The van der Waals surface area contributed by atoms with Gasteiger partial charge in [-0.15, -0.1) is 0 Å². The average Bonchev–Trinajstić information content (AvgIpc) is 3.24. The number of halogens is 3. The quantitative estimate of drug-likeness (QED) is 0.269. The lowest BCUT2D eigenvalue weighted by atomic mass is 10.1. The minimum absolute atomic E-state index is 0.171. The summed E-state index contributed by atoms with van der Waals surface area (Å²) in [6.45, 7) is 2.65. The molecular formula is C21H18F3N3O5. The zero-order valence-corrected chi connectivity index (χ0v) is 16.8. The first-order valence-electron chi connectivity index (χ1n) is 9.56. The maximum Gasteiger partial charge on any atom is 0.423 e. The van der Waals surface area contributed by atoms with Crippen LogP contribution in [0.1, 0.15) is 35.8 Å². The number of carbonyl (C=O) groups excluding carboxylic acids is 1. The number of hydrogen-bond donors (Lipinski definition) is 1. The first-order valence-corrected chi connectivity index (χ1v) is 9.56. The van der Waals surface area contributed by atoms with E-state index in [4.69, 9.17) is 9.26 Å². The van der Waals surface area contributed by atoms with Crippen LogP contribution in [0.3, 0.4) is 0 Å². The smallest absolute Gasteiger partial charge is 0.423 e. The predicted octanol–water partition coefficient (Wildman–Crippen LogP) is 5.70. The third-order valence-corrected chi connectivity index (χ3v) is 4.40. The molecule has 3 aromatic rings. The summed E-state index contributed by atoms with van der Waals surface area (Å²) in [6, 6.07) is 10.4. The summed E-state index contributed by atoms with van der Waals surface area (Å²) in [4.78, 5) is 22.1. The number of carbonyl (C=O) groups is 1. The van der Waals surface area contributed by atoms with E-state index >= 15 is 0 Å². The molecule has 168 valence electrons. The van der Waals surface area contributed by atoms with Crippen LogP contribution in [0.2, 0.25) is 0 Å². The molecule has 1 amide bonds. The van der Waals surface area contributed by atoms with E-state index in [0.29, 0.717) is 30.1 Å². The molecular weight excluding hydrogens is 431 g/mol. The number of amides is 1. The van der Waals surface area contributed by atoms with Crippen LogP contribution >= 0.6 is 0 Å². The van der Waals surface area contributed by atoms with Gasteiger partial charge in [0.05, 0.1) is 11.5 Å². The average molecular weight is 449 g/mol. The van der Waals surface area contributed by atoms with Crippen molar-refractivity contribution in [2.24, 2.45) is 0 Å². The second-order valence-electron chi connectivity index (χ2n) is 6.74. The van der Waals surface area contributed by atoms with Gasteiger partial charge < -0.3 is 14.6 Å². The van der Waals surface area contributed by atoms with E-state index < -0.39 is 28.3 Å². The number of nitro groups is 1. The van der Waals surface area contributed by atoms with Crippen LogP contribution in [-0.2, 0) is 6.18 Å². The van der Waals surface area contributed by atoms with Gasteiger partial charge in [-0.25, -0.2) is 0 Å². The second kappa shape index (κ2) is 9.50. The number of nitrogens with zero attached hydrogens (tertiary/aromatic N) is 2. The molecule has 1 heterocycles. The molecule has 11 heteroatoms. The van der Waals surface area contributed by atoms with Crippen LogP contribution < -0.4 is 10.1 Å². The number of nitro benzene ring substituents is 1. The molecule has 1 aromatic heterocycles. The predicted molar refractivity (Wildman–Crippen MR) is 108 cm³/mol. The second-order valence-corrected chi connectivity index (χ2v) is 6.74. The molecule has 0 saturated heterocycles.